The Balaban J connectivity index is 2.30. The third-order valence-corrected chi connectivity index (χ3v) is 3.29. The molecule has 0 bridgehead atoms. The van der Waals surface area contributed by atoms with E-state index in [2.05, 4.69) is 4.90 Å². The molecule has 1 fully saturated rings. The first-order valence-corrected chi connectivity index (χ1v) is 6.21. The van der Waals surface area contributed by atoms with Crippen LogP contribution in [0.3, 0.4) is 0 Å². The van der Waals surface area contributed by atoms with Gasteiger partial charge < -0.3 is 5.21 Å². The van der Waals surface area contributed by atoms with E-state index in [0.717, 1.165) is 30.7 Å². The number of aryl methyl sites for hydroxylation is 1. The van der Waals surface area contributed by atoms with E-state index in [9.17, 15) is 5.21 Å². The summed E-state index contributed by atoms with van der Waals surface area (Å²) in [6.45, 7) is 3.71. The molecule has 0 amide bonds. The van der Waals surface area contributed by atoms with Gasteiger partial charge in [0, 0.05) is 6.07 Å². The van der Waals surface area contributed by atoms with Crippen molar-refractivity contribution in [2.45, 2.75) is 32.6 Å². The molecule has 1 aliphatic heterocycles. The molecule has 0 aromatic carbocycles. The van der Waals surface area contributed by atoms with Crippen LogP contribution in [0.15, 0.2) is 12.1 Å². The highest BCUT2D eigenvalue weighted by atomic mass is 35.5. The summed E-state index contributed by atoms with van der Waals surface area (Å²) < 4.78 is 0.983. The summed E-state index contributed by atoms with van der Waals surface area (Å²) in [6.07, 6.45) is 4.83. The molecule has 0 N–H and O–H groups in total. The van der Waals surface area contributed by atoms with E-state index in [-0.39, 0.29) is 0 Å². The maximum Gasteiger partial charge on any atom is 0.281 e. The van der Waals surface area contributed by atoms with Gasteiger partial charge in [-0.15, -0.1) is 0 Å². The fraction of sp³-hybridized carbons (Fsp3) is 0.583. The van der Waals surface area contributed by atoms with Crippen molar-refractivity contribution in [3.63, 3.8) is 0 Å². The molecule has 88 valence electrons. The summed E-state index contributed by atoms with van der Waals surface area (Å²) in [7, 11) is 0. The second kappa shape index (κ2) is 4.91. The molecule has 0 atom stereocenters. The number of hydrogen-bond donors (Lipinski definition) is 0. The molecule has 2 rings (SSSR count). The molecule has 3 nitrogen and oxygen atoms in total. The van der Waals surface area contributed by atoms with Gasteiger partial charge in [-0.25, -0.2) is 4.73 Å². The minimum absolute atomic E-state index is 0.642. The fourth-order valence-electron chi connectivity index (χ4n) is 2.18. The summed E-state index contributed by atoms with van der Waals surface area (Å²) >= 11 is 6.00. The van der Waals surface area contributed by atoms with E-state index in [0.29, 0.717) is 16.5 Å². The van der Waals surface area contributed by atoms with Crippen LogP contribution < -0.4 is 9.63 Å². The van der Waals surface area contributed by atoms with E-state index in [1.807, 2.05) is 0 Å². The Morgan fingerprint density at radius 2 is 1.81 bits per heavy atom. The van der Waals surface area contributed by atoms with Gasteiger partial charge in [-0.3, -0.25) is 4.90 Å². The number of hydrogen-bond acceptors (Lipinski definition) is 2. The fourth-order valence-corrected chi connectivity index (χ4v) is 2.44. The Morgan fingerprint density at radius 3 is 2.44 bits per heavy atom. The van der Waals surface area contributed by atoms with E-state index >= 15 is 0 Å². The Kier molecular flexibility index (Phi) is 3.54. The molecule has 0 radical (unpaired) electrons. The first-order chi connectivity index (χ1) is 7.68. The van der Waals surface area contributed by atoms with Crippen LogP contribution in [0.2, 0.25) is 5.02 Å². The quantitative estimate of drug-likeness (QED) is 0.558. The van der Waals surface area contributed by atoms with Gasteiger partial charge in [0.25, 0.3) is 5.82 Å². The number of aromatic nitrogens is 1. The summed E-state index contributed by atoms with van der Waals surface area (Å²) in [5, 5.41) is 12.6. The Bertz CT molecular complexity index is 374. The van der Waals surface area contributed by atoms with Crippen LogP contribution in [0.25, 0.3) is 0 Å². The molecule has 0 spiro atoms. The predicted molar refractivity (Wildman–Crippen MR) is 65.8 cm³/mol. The van der Waals surface area contributed by atoms with Gasteiger partial charge in [0.15, 0.2) is 0 Å². The van der Waals surface area contributed by atoms with Crippen molar-refractivity contribution in [2.24, 2.45) is 0 Å². The molecular formula is C12H17ClN2O. The third kappa shape index (κ3) is 2.40. The van der Waals surface area contributed by atoms with Crippen molar-refractivity contribution < 1.29 is 4.73 Å². The molecule has 0 saturated carbocycles. The number of pyridine rings is 1. The molecule has 4 heteroatoms. The SMILES string of the molecule is Cc1cc(Cl)cc(N2CCCCCC2)[n+]1[O-]. The van der Waals surface area contributed by atoms with Crippen molar-refractivity contribution in [1.82, 2.24) is 0 Å². The van der Waals surface area contributed by atoms with Crippen LogP contribution in [-0.2, 0) is 0 Å². The van der Waals surface area contributed by atoms with Crippen LogP contribution in [0, 0.1) is 12.1 Å². The van der Waals surface area contributed by atoms with Gasteiger partial charge in [-0.1, -0.05) is 11.6 Å². The second-order valence-electron chi connectivity index (χ2n) is 4.37. The van der Waals surface area contributed by atoms with Crippen molar-refractivity contribution in [1.29, 1.82) is 0 Å². The van der Waals surface area contributed by atoms with Crippen LogP contribution in [0.4, 0.5) is 5.82 Å². The van der Waals surface area contributed by atoms with Crippen molar-refractivity contribution in [3.8, 4) is 0 Å². The first-order valence-electron chi connectivity index (χ1n) is 5.83. The topological polar surface area (TPSA) is 30.2 Å². The number of rotatable bonds is 1. The van der Waals surface area contributed by atoms with Gasteiger partial charge in [-0.05, 0) is 38.7 Å². The van der Waals surface area contributed by atoms with E-state index in [1.54, 1.807) is 19.1 Å². The summed E-state index contributed by atoms with van der Waals surface area (Å²) in [4.78, 5) is 2.15. The highest BCUT2D eigenvalue weighted by Gasteiger charge is 2.20. The first kappa shape index (κ1) is 11.5. The maximum atomic E-state index is 11.9. The molecule has 0 unspecified atom stereocenters. The molecule has 0 aliphatic carbocycles. The van der Waals surface area contributed by atoms with E-state index in [1.165, 1.54) is 12.8 Å². The lowest BCUT2D eigenvalue weighted by Crippen LogP contribution is -2.40. The lowest BCUT2D eigenvalue weighted by atomic mass is 10.2. The largest absolute Gasteiger partial charge is 0.710 e. The zero-order chi connectivity index (χ0) is 11.5. The van der Waals surface area contributed by atoms with Crippen LogP contribution in [0.5, 0.6) is 0 Å². The molecule has 16 heavy (non-hydrogen) atoms. The molecule has 1 aromatic rings. The molecular weight excluding hydrogens is 224 g/mol. The predicted octanol–water partition coefficient (Wildman–Crippen LogP) is 2.66. The highest BCUT2D eigenvalue weighted by molar-refractivity contribution is 6.30. The van der Waals surface area contributed by atoms with Crippen molar-refractivity contribution >= 4 is 17.4 Å². The number of anilines is 1. The van der Waals surface area contributed by atoms with Crippen LogP contribution >= 0.6 is 11.6 Å². The lowest BCUT2D eigenvalue weighted by molar-refractivity contribution is -0.599. The number of halogens is 1. The van der Waals surface area contributed by atoms with Gasteiger partial charge in [0.2, 0.25) is 0 Å². The Labute approximate surface area is 101 Å². The standard InChI is InChI=1S/C12H17ClN2O/c1-10-8-11(13)9-12(15(10)16)14-6-4-2-3-5-7-14/h8-9H,2-7H2,1H3. The zero-order valence-electron chi connectivity index (χ0n) is 9.58. The zero-order valence-corrected chi connectivity index (χ0v) is 10.3. The molecule has 1 aromatic heterocycles. The number of nitrogens with zero attached hydrogens (tertiary/aromatic N) is 2. The molecule has 2 heterocycles. The lowest BCUT2D eigenvalue weighted by Gasteiger charge is -2.20. The molecule has 1 saturated heterocycles. The minimum atomic E-state index is 0.642. The average Bonchev–Trinajstić information content (AvgIpc) is 2.51. The van der Waals surface area contributed by atoms with E-state index in [4.69, 9.17) is 11.6 Å². The molecule has 1 aliphatic rings. The Morgan fingerprint density at radius 1 is 1.19 bits per heavy atom. The van der Waals surface area contributed by atoms with Gasteiger partial charge in [-0.2, -0.15) is 0 Å². The van der Waals surface area contributed by atoms with Gasteiger partial charge in [0.1, 0.15) is 5.69 Å². The smallest absolute Gasteiger partial charge is 0.281 e. The highest BCUT2D eigenvalue weighted by Crippen LogP contribution is 2.20. The monoisotopic (exact) mass is 240 g/mol. The second-order valence-corrected chi connectivity index (χ2v) is 4.81. The normalized spacial score (nSPS) is 17.2. The third-order valence-electron chi connectivity index (χ3n) is 3.07. The minimum Gasteiger partial charge on any atom is -0.710 e. The van der Waals surface area contributed by atoms with Gasteiger partial charge in [0.05, 0.1) is 18.1 Å². The summed E-state index contributed by atoms with van der Waals surface area (Å²) in [5.74, 6) is 0.701. The van der Waals surface area contributed by atoms with Crippen LogP contribution in [-0.4, -0.2) is 13.1 Å². The summed E-state index contributed by atoms with van der Waals surface area (Å²) in [6, 6.07) is 3.47. The average molecular weight is 241 g/mol. The van der Waals surface area contributed by atoms with Crippen LogP contribution in [0.1, 0.15) is 31.4 Å². The Hall–Kier alpha value is -0.960. The maximum absolute atomic E-state index is 11.9. The van der Waals surface area contributed by atoms with Crippen molar-refractivity contribution in [3.05, 3.63) is 28.1 Å². The van der Waals surface area contributed by atoms with E-state index < -0.39 is 0 Å². The van der Waals surface area contributed by atoms with Crippen molar-refractivity contribution in [2.75, 3.05) is 18.0 Å². The van der Waals surface area contributed by atoms with Gasteiger partial charge >= 0.3 is 0 Å². The summed E-state index contributed by atoms with van der Waals surface area (Å²) in [5.41, 5.74) is 0.659.